The maximum atomic E-state index is 14.5. The van der Waals surface area contributed by atoms with Crippen molar-refractivity contribution in [1.82, 2.24) is 14.7 Å². The molecule has 0 aliphatic carbocycles. The molecular weight excluding hydrogens is 494 g/mol. The molecule has 3 aliphatic heterocycles. The quantitative estimate of drug-likeness (QED) is 0.309. The van der Waals surface area contributed by atoms with E-state index >= 15 is 0 Å². The lowest BCUT2D eigenvalue weighted by Crippen LogP contribution is -2.56. The van der Waals surface area contributed by atoms with Gasteiger partial charge in [-0.05, 0) is 44.1 Å². The van der Waals surface area contributed by atoms with Gasteiger partial charge in [-0.25, -0.2) is 0 Å². The molecule has 3 amide bonds. The molecule has 0 saturated carbocycles. The molecule has 0 radical (unpaired) electrons. The summed E-state index contributed by atoms with van der Waals surface area (Å²) in [6, 6.07) is 8.92. The van der Waals surface area contributed by atoms with E-state index in [1.165, 1.54) is 0 Å². The van der Waals surface area contributed by atoms with E-state index in [-0.39, 0.29) is 30.2 Å². The van der Waals surface area contributed by atoms with E-state index in [1.54, 1.807) is 33.9 Å². The Morgan fingerprint density at radius 2 is 1.82 bits per heavy atom. The van der Waals surface area contributed by atoms with E-state index in [1.807, 2.05) is 37.3 Å². The normalized spacial score (nSPS) is 30.8. The number of aliphatic hydroxyl groups is 1. The summed E-state index contributed by atoms with van der Waals surface area (Å²) < 4.78 is 6.84. The third-order valence-corrected chi connectivity index (χ3v) is 9.03. The summed E-state index contributed by atoms with van der Waals surface area (Å²) in [5.74, 6) is -1.94. The summed E-state index contributed by atoms with van der Waals surface area (Å²) >= 11 is 0. The summed E-state index contributed by atoms with van der Waals surface area (Å²) in [6.45, 7) is 13.2. The molecular formula is C31H43N3O5. The molecule has 1 spiro atoms. The fourth-order valence-corrected chi connectivity index (χ4v) is 7.09. The van der Waals surface area contributed by atoms with E-state index in [9.17, 15) is 19.5 Å². The Kier molecular flexibility index (Phi) is 8.66. The van der Waals surface area contributed by atoms with Crippen LogP contribution < -0.4 is 0 Å². The molecule has 1 aromatic rings. The molecule has 212 valence electrons. The van der Waals surface area contributed by atoms with E-state index in [2.05, 4.69) is 20.1 Å². The average molecular weight is 538 g/mol. The molecule has 3 aliphatic rings. The topological polar surface area (TPSA) is 90.4 Å². The number of unbranched alkanes of at least 4 members (excludes halogenated alkanes) is 2. The lowest BCUT2D eigenvalue weighted by molar-refractivity contribution is -0.154. The van der Waals surface area contributed by atoms with Crippen LogP contribution in [0, 0.1) is 17.8 Å². The van der Waals surface area contributed by atoms with Crippen molar-refractivity contribution in [2.45, 2.75) is 63.3 Å². The average Bonchev–Trinajstić information content (AvgIpc) is 3.43. The summed E-state index contributed by atoms with van der Waals surface area (Å²) in [6.07, 6.45) is 5.92. The molecule has 3 unspecified atom stereocenters. The molecule has 6 atom stereocenters. The number of amides is 3. The van der Waals surface area contributed by atoms with Crippen molar-refractivity contribution >= 4 is 17.7 Å². The highest BCUT2D eigenvalue weighted by Crippen LogP contribution is 2.65. The molecule has 2 bridgehead atoms. The monoisotopic (exact) mass is 537 g/mol. The molecule has 3 fully saturated rings. The smallest absolute Gasteiger partial charge is 0.248 e. The number of rotatable bonds is 13. The van der Waals surface area contributed by atoms with Gasteiger partial charge >= 0.3 is 0 Å². The Bertz CT molecular complexity index is 1090. The second-order valence-electron chi connectivity index (χ2n) is 11.5. The summed E-state index contributed by atoms with van der Waals surface area (Å²) in [5, 5.41) is 9.27. The predicted octanol–water partition coefficient (Wildman–Crippen LogP) is 3.02. The first-order valence-electron chi connectivity index (χ1n) is 14.1. The van der Waals surface area contributed by atoms with Crippen molar-refractivity contribution in [1.29, 1.82) is 0 Å². The molecule has 1 aromatic carbocycles. The molecule has 0 aromatic heterocycles. The van der Waals surface area contributed by atoms with Gasteiger partial charge in [-0.1, -0.05) is 49.4 Å². The standard InChI is InChI=1S/C31H43N3O5/c1-6-16-32(5)27(36)24-25-28(37)34(18-12-9-13-19-35)26(31(25)20-22(3)30(24,4)39-31)29(38)33(17-7-2)21-23-14-10-8-11-15-23/h6-8,10-11,14-15,22,24-26,35H,1-2,9,12-13,16-21H2,3-5H3/t22?,24-,25-,26?,30+,31?/m0/s1. The molecule has 4 rings (SSSR count). The Morgan fingerprint density at radius 1 is 1.13 bits per heavy atom. The number of carbonyl (C=O) groups excluding carboxylic acids is 3. The van der Waals surface area contributed by atoms with E-state index in [4.69, 9.17) is 4.74 Å². The number of fused-ring (bicyclic) bond motifs is 1. The van der Waals surface area contributed by atoms with E-state index in [0.717, 1.165) is 12.0 Å². The number of aliphatic hydroxyl groups excluding tert-OH is 1. The minimum absolute atomic E-state index is 0.0146. The minimum Gasteiger partial charge on any atom is -0.396 e. The van der Waals surface area contributed by atoms with Gasteiger partial charge in [0.2, 0.25) is 17.7 Å². The first kappa shape index (κ1) is 29.0. The molecule has 39 heavy (non-hydrogen) atoms. The predicted molar refractivity (Wildman–Crippen MR) is 149 cm³/mol. The highest BCUT2D eigenvalue weighted by atomic mass is 16.5. The van der Waals surface area contributed by atoms with Gasteiger partial charge in [0.05, 0.1) is 17.4 Å². The highest BCUT2D eigenvalue weighted by Gasteiger charge is 2.80. The molecule has 8 nitrogen and oxygen atoms in total. The number of hydrogen-bond donors (Lipinski definition) is 1. The molecule has 8 heteroatoms. The van der Waals surface area contributed by atoms with Gasteiger partial charge in [-0.15, -0.1) is 13.2 Å². The minimum atomic E-state index is -1.08. The van der Waals surface area contributed by atoms with E-state index < -0.39 is 29.1 Å². The Labute approximate surface area is 232 Å². The third kappa shape index (κ3) is 4.93. The Hall–Kier alpha value is -2.97. The van der Waals surface area contributed by atoms with Gasteiger partial charge in [0, 0.05) is 39.8 Å². The van der Waals surface area contributed by atoms with Crippen molar-refractivity contribution in [3.63, 3.8) is 0 Å². The van der Waals surface area contributed by atoms with E-state index in [0.29, 0.717) is 45.4 Å². The van der Waals surface area contributed by atoms with Crippen LogP contribution in [-0.2, 0) is 25.7 Å². The fraction of sp³-hybridized carbons (Fsp3) is 0.581. The van der Waals surface area contributed by atoms with Crippen molar-refractivity contribution in [2.75, 3.05) is 33.3 Å². The third-order valence-electron chi connectivity index (χ3n) is 9.03. The molecule has 1 N–H and O–H groups in total. The molecule has 3 heterocycles. The van der Waals surface area contributed by atoms with Crippen LogP contribution in [0.15, 0.2) is 55.6 Å². The summed E-state index contributed by atoms with van der Waals surface area (Å²) in [4.78, 5) is 47.6. The lowest BCUT2D eigenvalue weighted by atomic mass is 9.62. The fourth-order valence-electron chi connectivity index (χ4n) is 7.09. The molecule has 3 saturated heterocycles. The second-order valence-corrected chi connectivity index (χ2v) is 11.5. The van der Waals surface area contributed by atoms with Gasteiger partial charge in [0.25, 0.3) is 0 Å². The number of likely N-dealkylation sites (tertiary alicyclic amines) is 1. The number of nitrogens with zero attached hydrogens (tertiary/aromatic N) is 3. The lowest BCUT2D eigenvalue weighted by Gasteiger charge is -2.38. The maximum Gasteiger partial charge on any atom is 0.248 e. The van der Waals surface area contributed by atoms with Crippen molar-refractivity contribution < 1.29 is 24.2 Å². The van der Waals surface area contributed by atoms with Crippen LogP contribution in [0.2, 0.25) is 0 Å². The Balaban J connectivity index is 1.75. The van der Waals surface area contributed by atoms with Gasteiger partial charge in [0.1, 0.15) is 11.6 Å². The maximum absolute atomic E-state index is 14.5. The highest BCUT2D eigenvalue weighted by molar-refractivity contribution is 5.99. The first-order valence-corrected chi connectivity index (χ1v) is 14.1. The number of likely N-dealkylation sites (N-methyl/N-ethyl adjacent to an activating group) is 1. The summed E-state index contributed by atoms with van der Waals surface area (Å²) in [7, 11) is 1.72. The number of hydrogen-bond acceptors (Lipinski definition) is 5. The largest absolute Gasteiger partial charge is 0.396 e. The van der Waals surface area contributed by atoms with Gasteiger partial charge < -0.3 is 24.5 Å². The van der Waals surface area contributed by atoms with Gasteiger partial charge in [-0.2, -0.15) is 0 Å². The number of carbonyl (C=O) groups is 3. The zero-order chi connectivity index (χ0) is 28.4. The SMILES string of the molecule is C=CCN(C)C(=O)[C@@H]1[C@H]2C(=O)N(CCCCCO)C(C(=O)N(CC=C)Cc3ccccc3)C23CC(C)[C@@]1(C)O3. The Morgan fingerprint density at radius 3 is 2.46 bits per heavy atom. The van der Waals surface area contributed by atoms with Crippen LogP contribution in [0.1, 0.15) is 45.1 Å². The second kappa shape index (κ2) is 11.6. The van der Waals surface area contributed by atoms with Crippen LogP contribution in [0.4, 0.5) is 0 Å². The summed E-state index contributed by atoms with van der Waals surface area (Å²) in [5.41, 5.74) is -0.946. The number of ether oxygens (including phenoxy) is 1. The van der Waals surface area contributed by atoms with Crippen LogP contribution in [0.3, 0.4) is 0 Å². The van der Waals surface area contributed by atoms with Crippen molar-refractivity contribution in [3.8, 4) is 0 Å². The van der Waals surface area contributed by atoms with Gasteiger partial charge in [-0.3, -0.25) is 14.4 Å². The van der Waals surface area contributed by atoms with Crippen LogP contribution in [-0.4, -0.2) is 88.1 Å². The first-order chi connectivity index (χ1) is 18.7. The van der Waals surface area contributed by atoms with Gasteiger partial charge in [0.15, 0.2) is 0 Å². The van der Waals surface area contributed by atoms with Crippen molar-refractivity contribution in [3.05, 3.63) is 61.2 Å². The van der Waals surface area contributed by atoms with Crippen LogP contribution >= 0.6 is 0 Å². The zero-order valence-corrected chi connectivity index (χ0v) is 23.6. The zero-order valence-electron chi connectivity index (χ0n) is 23.6. The number of benzene rings is 1. The van der Waals surface area contributed by atoms with Crippen molar-refractivity contribution in [2.24, 2.45) is 17.8 Å². The van der Waals surface area contributed by atoms with Crippen LogP contribution in [0.25, 0.3) is 0 Å². The van der Waals surface area contributed by atoms with Crippen LogP contribution in [0.5, 0.6) is 0 Å².